The van der Waals surface area contributed by atoms with E-state index in [0.717, 1.165) is 17.3 Å². The molecule has 2 aromatic rings. The third-order valence-electron chi connectivity index (χ3n) is 3.49. The molecule has 0 saturated carbocycles. The fourth-order valence-corrected chi connectivity index (χ4v) is 3.24. The van der Waals surface area contributed by atoms with Crippen LogP contribution in [-0.2, 0) is 11.3 Å². The van der Waals surface area contributed by atoms with Gasteiger partial charge in [-0.25, -0.2) is 0 Å². The van der Waals surface area contributed by atoms with E-state index in [0.29, 0.717) is 21.6 Å². The number of anilines is 1. The van der Waals surface area contributed by atoms with Gasteiger partial charge in [-0.05, 0) is 29.5 Å². The lowest BCUT2D eigenvalue weighted by Gasteiger charge is -2.13. The molecule has 7 heteroatoms. The summed E-state index contributed by atoms with van der Waals surface area (Å²) in [6.45, 7) is 0.156. The Balaban J connectivity index is 1.80. The molecule has 124 valence electrons. The zero-order valence-electron chi connectivity index (χ0n) is 13.2. The number of halogens is 1. The maximum Gasteiger partial charge on any atom is 0.293 e. The highest BCUT2D eigenvalue weighted by molar-refractivity contribution is 8.18. The summed E-state index contributed by atoms with van der Waals surface area (Å²) >= 11 is 7.01. The van der Waals surface area contributed by atoms with Gasteiger partial charge in [-0.1, -0.05) is 29.8 Å². The predicted octanol–water partition coefficient (Wildman–Crippen LogP) is 4.24. The van der Waals surface area contributed by atoms with Crippen LogP contribution in [0.2, 0.25) is 5.02 Å². The van der Waals surface area contributed by atoms with Crippen LogP contribution in [0, 0.1) is 0 Å². The van der Waals surface area contributed by atoms with E-state index in [1.807, 2.05) is 25.1 Å². The second-order valence-electron chi connectivity index (χ2n) is 5.43. The van der Waals surface area contributed by atoms with Gasteiger partial charge in [0.1, 0.15) is 5.76 Å². The molecule has 2 heterocycles. The molecule has 1 fully saturated rings. The van der Waals surface area contributed by atoms with E-state index in [1.54, 1.807) is 36.4 Å². The molecule has 0 aliphatic carbocycles. The van der Waals surface area contributed by atoms with Crippen LogP contribution < -0.4 is 4.90 Å². The largest absolute Gasteiger partial charge is 0.441 e. The number of rotatable bonds is 4. The normalized spacial score (nSPS) is 16.3. The van der Waals surface area contributed by atoms with Crippen molar-refractivity contribution in [2.24, 2.45) is 0 Å². The lowest BCUT2D eigenvalue weighted by atomic mass is 10.2. The van der Waals surface area contributed by atoms with Gasteiger partial charge in [0.05, 0.1) is 11.4 Å². The molecule has 0 bridgehead atoms. The summed E-state index contributed by atoms with van der Waals surface area (Å²) in [5.74, 6) is 0.867. The summed E-state index contributed by atoms with van der Waals surface area (Å²) in [6, 6.07) is 10.7. The molecule has 1 aromatic carbocycles. The molecular weight excluding hydrogens is 348 g/mol. The van der Waals surface area contributed by atoms with Crippen LogP contribution in [0.15, 0.2) is 45.7 Å². The van der Waals surface area contributed by atoms with Crippen LogP contribution in [0.3, 0.4) is 0 Å². The molecular formula is C17H15ClN2O3S. The number of nitrogens with zero attached hydrogens (tertiary/aromatic N) is 2. The molecule has 5 nitrogen and oxygen atoms in total. The van der Waals surface area contributed by atoms with Gasteiger partial charge in [-0.15, -0.1) is 0 Å². The van der Waals surface area contributed by atoms with Gasteiger partial charge in [0, 0.05) is 31.3 Å². The molecule has 0 atom stereocenters. The Morgan fingerprint density at radius 3 is 2.62 bits per heavy atom. The standard InChI is InChI=1S/C17H15ClN2O3S/c1-19(2)15-8-7-12(23-15)9-14-16(21)20(17(22)24-14)10-11-5-3-4-6-13(11)18/h3-9H,10H2,1-2H3/b14-9-. The van der Waals surface area contributed by atoms with Crippen molar-refractivity contribution in [3.05, 3.63) is 57.6 Å². The average Bonchev–Trinajstić information content (AvgIpc) is 3.10. The van der Waals surface area contributed by atoms with E-state index in [2.05, 4.69) is 0 Å². The number of imide groups is 1. The number of thioether (sulfide) groups is 1. The number of amides is 2. The summed E-state index contributed by atoms with van der Waals surface area (Å²) < 4.78 is 5.60. The molecule has 0 radical (unpaired) electrons. The van der Waals surface area contributed by atoms with Crippen molar-refractivity contribution >= 4 is 46.5 Å². The van der Waals surface area contributed by atoms with Crippen LogP contribution >= 0.6 is 23.4 Å². The van der Waals surface area contributed by atoms with Crippen molar-refractivity contribution in [1.29, 1.82) is 0 Å². The lowest BCUT2D eigenvalue weighted by Crippen LogP contribution is -2.27. The van der Waals surface area contributed by atoms with Gasteiger partial charge in [0.2, 0.25) is 0 Å². The van der Waals surface area contributed by atoms with E-state index >= 15 is 0 Å². The van der Waals surface area contributed by atoms with E-state index in [9.17, 15) is 9.59 Å². The monoisotopic (exact) mass is 362 g/mol. The number of hydrogen-bond acceptors (Lipinski definition) is 5. The van der Waals surface area contributed by atoms with Gasteiger partial charge in [-0.3, -0.25) is 14.5 Å². The average molecular weight is 363 g/mol. The van der Waals surface area contributed by atoms with Gasteiger partial charge in [-0.2, -0.15) is 0 Å². The Morgan fingerprint density at radius 1 is 1.21 bits per heavy atom. The molecule has 0 N–H and O–H groups in total. The van der Waals surface area contributed by atoms with Crippen molar-refractivity contribution in [2.45, 2.75) is 6.54 Å². The highest BCUT2D eigenvalue weighted by Crippen LogP contribution is 2.34. The van der Waals surface area contributed by atoms with Crippen LogP contribution in [0.4, 0.5) is 10.7 Å². The molecule has 0 unspecified atom stereocenters. The molecule has 24 heavy (non-hydrogen) atoms. The van der Waals surface area contributed by atoms with E-state index in [-0.39, 0.29) is 17.7 Å². The minimum absolute atomic E-state index is 0.156. The van der Waals surface area contributed by atoms with Gasteiger partial charge in [0.25, 0.3) is 11.1 Å². The Hall–Kier alpha value is -2.18. The number of benzene rings is 1. The number of carbonyl (C=O) groups excluding carboxylic acids is 2. The van der Waals surface area contributed by atoms with Crippen molar-refractivity contribution in [1.82, 2.24) is 4.90 Å². The summed E-state index contributed by atoms with van der Waals surface area (Å²) in [5, 5.41) is 0.216. The Kier molecular flexibility index (Phi) is 4.69. The maximum atomic E-state index is 12.5. The second-order valence-corrected chi connectivity index (χ2v) is 6.83. The first-order chi connectivity index (χ1) is 11.5. The topological polar surface area (TPSA) is 53.8 Å². The maximum absolute atomic E-state index is 12.5. The fraction of sp³-hybridized carbons (Fsp3) is 0.176. The SMILES string of the molecule is CN(C)c1ccc(/C=C2\SC(=O)N(Cc3ccccc3Cl)C2=O)o1. The summed E-state index contributed by atoms with van der Waals surface area (Å²) in [4.78, 5) is 28.0. The predicted molar refractivity (Wildman–Crippen MR) is 96.0 cm³/mol. The van der Waals surface area contributed by atoms with Crippen LogP contribution in [-0.4, -0.2) is 30.1 Å². The third-order valence-corrected chi connectivity index (χ3v) is 4.76. The number of furan rings is 1. The molecule has 1 aliphatic heterocycles. The van der Waals surface area contributed by atoms with Crippen molar-refractivity contribution in [2.75, 3.05) is 19.0 Å². The van der Waals surface area contributed by atoms with Crippen molar-refractivity contribution < 1.29 is 14.0 Å². The van der Waals surface area contributed by atoms with E-state index in [1.165, 1.54) is 4.90 Å². The molecule has 1 saturated heterocycles. The third kappa shape index (κ3) is 3.34. The van der Waals surface area contributed by atoms with Crippen LogP contribution in [0.5, 0.6) is 0 Å². The zero-order valence-corrected chi connectivity index (χ0v) is 14.7. The van der Waals surface area contributed by atoms with Gasteiger partial charge < -0.3 is 9.32 Å². The Morgan fingerprint density at radius 2 is 1.96 bits per heavy atom. The van der Waals surface area contributed by atoms with E-state index in [4.69, 9.17) is 16.0 Å². The molecule has 2 amide bonds. The van der Waals surface area contributed by atoms with Crippen molar-refractivity contribution in [3.8, 4) is 0 Å². The second kappa shape index (κ2) is 6.75. The minimum atomic E-state index is -0.340. The van der Waals surface area contributed by atoms with Crippen molar-refractivity contribution in [3.63, 3.8) is 0 Å². The molecule has 0 spiro atoms. The van der Waals surface area contributed by atoms with Gasteiger partial charge >= 0.3 is 0 Å². The Labute approximate surface area is 148 Å². The Bertz CT molecular complexity index is 829. The number of hydrogen-bond donors (Lipinski definition) is 0. The summed E-state index contributed by atoms with van der Waals surface area (Å²) in [7, 11) is 3.72. The first kappa shape index (κ1) is 16.7. The summed E-state index contributed by atoms with van der Waals surface area (Å²) in [5.41, 5.74) is 0.732. The quantitative estimate of drug-likeness (QED) is 0.761. The first-order valence-corrected chi connectivity index (χ1v) is 8.41. The zero-order chi connectivity index (χ0) is 17.3. The lowest BCUT2D eigenvalue weighted by molar-refractivity contribution is -0.123. The molecule has 3 rings (SSSR count). The van der Waals surface area contributed by atoms with Crippen LogP contribution in [0.1, 0.15) is 11.3 Å². The smallest absolute Gasteiger partial charge is 0.293 e. The molecule has 1 aliphatic rings. The number of carbonyl (C=O) groups is 2. The van der Waals surface area contributed by atoms with Crippen LogP contribution in [0.25, 0.3) is 6.08 Å². The highest BCUT2D eigenvalue weighted by atomic mass is 35.5. The molecule has 1 aromatic heterocycles. The van der Waals surface area contributed by atoms with Gasteiger partial charge in [0.15, 0.2) is 5.88 Å². The minimum Gasteiger partial charge on any atom is -0.441 e. The highest BCUT2D eigenvalue weighted by Gasteiger charge is 2.35. The van der Waals surface area contributed by atoms with E-state index < -0.39 is 0 Å². The first-order valence-electron chi connectivity index (χ1n) is 7.21. The summed E-state index contributed by atoms with van der Waals surface area (Å²) in [6.07, 6.45) is 1.59. The fourth-order valence-electron chi connectivity index (χ4n) is 2.22.